The van der Waals surface area contributed by atoms with Crippen LogP contribution in [-0.2, 0) is 4.79 Å². The summed E-state index contributed by atoms with van der Waals surface area (Å²) >= 11 is 3.37. The topological polar surface area (TPSA) is 74.5 Å². The Morgan fingerprint density at radius 1 is 1.63 bits per heavy atom. The summed E-state index contributed by atoms with van der Waals surface area (Å²) in [5, 5.41) is 12.0. The summed E-state index contributed by atoms with van der Waals surface area (Å²) in [5.74, 6) is 0.259. The second-order valence-corrected chi connectivity index (χ2v) is 4.27. The zero-order valence-electron chi connectivity index (χ0n) is 10.1. The number of nitriles is 1. The molecule has 0 unspecified atom stereocenters. The van der Waals surface area contributed by atoms with Crippen molar-refractivity contribution >= 4 is 28.1 Å². The molecule has 0 radical (unpaired) electrons. The Balaban J connectivity index is 2.63. The maximum absolute atomic E-state index is 11.0. The van der Waals surface area contributed by atoms with Crippen molar-refractivity contribution in [2.24, 2.45) is 5.10 Å². The molecule has 1 aromatic rings. The minimum Gasteiger partial charge on any atom is -0.488 e. The molecule has 0 bridgehead atoms. The van der Waals surface area contributed by atoms with E-state index in [1.165, 1.54) is 6.21 Å². The van der Waals surface area contributed by atoms with Gasteiger partial charge in [-0.2, -0.15) is 10.4 Å². The highest BCUT2D eigenvalue weighted by Crippen LogP contribution is 2.25. The smallest absolute Gasteiger partial charge is 0.254 e. The molecule has 0 atom stereocenters. The Hall–Kier alpha value is -2.13. The summed E-state index contributed by atoms with van der Waals surface area (Å²) < 4.78 is 6.18. The largest absolute Gasteiger partial charge is 0.488 e. The number of hydrogen-bond donors (Lipinski definition) is 1. The molecule has 6 heteroatoms. The molecule has 1 N–H and O–H groups in total. The molecule has 0 aliphatic rings. The van der Waals surface area contributed by atoms with Crippen molar-refractivity contribution in [3.63, 3.8) is 0 Å². The molecular weight excluding hydrogens is 310 g/mol. The number of carbonyl (C=O) groups is 1. The van der Waals surface area contributed by atoms with Crippen LogP contribution in [0.4, 0.5) is 0 Å². The Morgan fingerprint density at radius 2 is 2.42 bits per heavy atom. The Bertz CT molecular complexity index is 535. The van der Waals surface area contributed by atoms with Gasteiger partial charge in [-0.25, -0.2) is 5.43 Å². The summed E-state index contributed by atoms with van der Waals surface area (Å²) in [4.78, 5) is 11.0. The maximum Gasteiger partial charge on any atom is 0.254 e. The number of hydrogen-bond acceptors (Lipinski definition) is 4. The number of amides is 1. The van der Waals surface area contributed by atoms with Crippen molar-refractivity contribution < 1.29 is 9.53 Å². The molecular formula is C13H12BrN3O2. The molecule has 0 saturated carbocycles. The first-order valence-electron chi connectivity index (χ1n) is 5.39. The normalized spacial score (nSPS) is 9.89. The molecule has 0 aliphatic heterocycles. The van der Waals surface area contributed by atoms with Gasteiger partial charge in [-0.15, -0.1) is 0 Å². The Labute approximate surface area is 119 Å². The van der Waals surface area contributed by atoms with E-state index in [1.807, 2.05) is 0 Å². The van der Waals surface area contributed by atoms with Crippen LogP contribution in [0, 0.1) is 11.3 Å². The molecule has 1 aromatic carbocycles. The minimum absolute atomic E-state index is 0.213. The standard InChI is InChI=1S/C13H12BrN3O2/c1-2-7-19-12-4-3-10(8-11(12)14)9-16-17-13(18)5-6-15/h2-4,8-9H,1,5,7H2,(H,17,18)/b16-9-. The maximum atomic E-state index is 11.0. The first kappa shape index (κ1) is 14.9. The van der Waals surface area contributed by atoms with Gasteiger partial charge in [0.25, 0.3) is 5.91 Å². The molecule has 0 aromatic heterocycles. The van der Waals surface area contributed by atoms with E-state index >= 15 is 0 Å². The average Bonchev–Trinajstić information content (AvgIpc) is 2.38. The summed E-state index contributed by atoms with van der Waals surface area (Å²) in [6.07, 6.45) is 2.93. The van der Waals surface area contributed by atoms with Crippen LogP contribution in [-0.4, -0.2) is 18.7 Å². The second-order valence-electron chi connectivity index (χ2n) is 3.42. The van der Waals surface area contributed by atoms with Gasteiger partial charge in [0.2, 0.25) is 0 Å². The molecule has 0 aliphatic carbocycles. The van der Waals surface area contributed by atoms with Crippen molar-refractivity contribution in [3.05, 3.63) is 40.9 Å². The van der Waals surface area contributed by atoms with Crippen LogP contribution in [0.15, 0.2) is 40.4 Å². The van der Waals surface area contributed by atoms with Gasteiger partial charge in [0.05, 0.1) is 16.8 Å². The van der Waals surface area contributed by atoms with Gasteiger partial charge in [0.1, 0.15) is 18.8 Å². The van der Waals surface area contributed by atoms with Gasteiger partial charge in [0.15, 0.2) is 0 Å². The number of rotatable bonds is 6. The Kier molecular flexibility index (Phi) is 6.33. The first-order chi connectivity index (χ1) is 9.17. The van der Waals surface area contributed by atoms with Crippen LogP contribution in [0.2, 0.25) is 0 Å². The number of benzene rings is 1. The lowest BCUT2D eigenvalue weighted by Crippen LogP contribution is -2.16. The van der Waals surface area contributed by atoms with E-state index in [4.69, 9.17) is 10.00 Å². The highest BCUT2D eigenvalue weighted by atomic mass is 79.9. The van der Waals surface area contributed by atoms with Gasteiger partial charge < -0.3 is 4.74 Å². The third kappa shape index (κ3) is 5.36. The fourth-order valence-corrected chi connectivity index (χ4v) is 1.66. The van der Waals surface area contributed by atoms with Gasteiger partial charge in [0, 0.05) is 0 Å². The molecule has 1 amide bonds. The van der Waals surface area contributed by atoms with E-state index in [9.17, 15) is 4.79 Å². The lowest BCUT2D eigenvalue weighted by molar-refractivity contribution is -0.120. The quantitative estimate of drug-likeness (QED) is 0.496. The lowest BCUT2D eigenvalue weighted by atomic mass is 10.2. The predicted molar refractivity (Wildman–Crippen MR) is 75.8 cm³/mol. The van der Waals surface area contributed by atoms with Crippen molar-refractivity contribution in [1.82, 2.24) is 5.43 Å². The monoisotopic (exact) mass is 321 g/mol. The molecule has 0 spiro atoms. The molecule has 0 heterocycles. The van der Waals surface area contributed by atoms with Crippen LogP contribution in [0.1, 0.15) is 12.0 Å². The number of hydrazone groups is 1. The van der Waals surface area contributed by atoms with Gasteiger partial charge in [-0.1, -0.05) is 12.7 Å². The van der Waals surface area contributed by atoms with E-state index in [1.54, 1.807) is 30.3 Å². The van der Waals surface area contributed by atoms with Crippen LogP contribution < -0.4 is 10.2 Å². The van der Waals surface area contributed by atoms with Gasteiger partial charge >= 0.3 is 0 Å². The molecule has 0 fully saturated rings. The number of ether oxygens (including phenoxy) is 1. The molecule has 0 saturated heterocycles. The van der Waals surface area contributed by atoms with Crippen LogP contribution in [0.3, 0.4) is 0 Å². The van der Waals surface area contributed by atoms with Crippen LogP contribution in [0.5, 0.6) is 5.75 Å². The SMILES string of the molecule is C=CCOc1ccc(/C=N\NC(=O)CC#N)cc1Br. The summed E-state index contributed by atoms with van der Waals surface area (Å²) in [6.45, 7) is 4.00. The number of nitrogens with one attached hydrogen (secondary N) is 1. The number of halogens is 1. The van der Waals surface area contributed by atoms with Crippen molar-refractivity contribution in [3.8, 4) is 11.8 Å². The minimum atomic E-state index is -0.441. The van der Waals surface area contributed by atoms with Crippen molar-refractivity contribution in [2.75, 3.05) is 6.61 Å². The highest BCUT2D eigenvalue weighted by Gasteiger charge is 2.01. The third-order valence-corrected chi connectivity index (χ3v) is 2.57. The average molecular weight is 322 g/mol. The second kappa shape index (κ2) is 8.06. The summed E-state index contributed by atoms with van der Waals surface area (Å²) in [5.41, 5.74) is 3.04. The fraction of sp³-hybridized carbons (Fsp3) is 0.154. The van der Waals surface area contributed by atoms with E-state index in [-0.39, 0.29) is 6.42 Å². The van der Waals surface area contributed by atoms with Gasteiger partial charge in [-0.3, -0.25) is 4.79 Å². The highest BCUT2D eigenvalue weighted by molar-refractivity contribution is 9.10. The number of nitrogens with zero attached hydrogens (tertiary/aromatic N) is 2. The molecule has 19 heavy (non-hydrogen) atoms. The summed E-state index contributed by atoms with van der Waals surface area (Å²) in [6, 6.07) is 7.12. The van der Waals surface area contributed by atoms with E-state index in [2.05, 4.69) is 33.0 Å². The molecule has 98 valence electrons. The van der Waals surface area contributed by atoms with E-state index < -0.39 is 5.91 Å². The third-order valence-electron chi connectivity index (χ3n) is 1.96. The lowest BCUT2D eigenvalue weighted by Gasteiger charge is -2.06. The summed E-state index contributed by atoms with van der Waals surface area (Å²) in [7, 11) is 0. The molecule has 5 nitrogen and oxygen atoms in total. The zero-order chi connectivity index (χ0) is 14.1. The van der Waals surface area contributed by atoms with Crippen molar-refractivity contribution in [1.29, 1.82) is 5.26 Å². The predicted octanol–water partition coefficient (Wildman–Crippen LogP) is 2.38. The fourth-order valence-electron chi connectivity index (χ4n) is 1.15. The van der Waals surface area contributed by atoms with Crippen molar-refractivity contribution in [2.45, 2.75) is 6.42 Å². The zero-order valence-corrected chi connectivity index (χ0v) is 11.7. The Morgan fingerprint density at radius 3 is 3.05 bits per heavy atom. The number of carbonyl (C=O) groups excluding carboxylic acids is 1. The first-order valence-corrected chi connectivity index (χ1v) is 6.18. The van der Waals surface area contributed by atoms with E-state index in [0.29, 0.717) is 12.4 Å². The van der Waals surface area contributed by atoms with E-state index in [0.717, 1.165) is 10.0 Å². The van der Waals surface area contributed by atoms with Crippen LogP contribution >= 0.6 is 15.9 Å². The van der Waals surface area contributed by atoms with Gasteiger partial charge in [-0.05, 0) is 39.7 Å². The van der Waals surface area contributed by atoms with Crippen LogP contribution in [0.25, 0.3) is 0 Å². The molecule has 1 rings (SSSR count).